The predicted molar refractivity (Wildman–Crippen MR) is 128 cm³/mol. The van der Waals surface area contributed by atoms with Crippen LogP contribution in [-0.2, 0) is 27.8 Å². The lowest BCUT2D eigenvalue weighted by atomic mass is 10.1. The van der Waals surface area contributed by atoms with Crippen molar-refractivity contribution < 1.29 is 13.2 Å². The summed E-state index contributed by atoms with van der Waals surface area (Å²) >= 11 is 6.37. The van der Waals surface area contributed by atoms with Crippen LogP contribution < -0.4 is 4.72 Å². The third-order valence-corrected chi connectivity index (χ3v) is 6.80. The van der Waals surface area contributed by atoms with Gasteiger partial charge in [0, 0.05) is 16.3 Å². The lowest BCUT2D eigenvalue weighted by Crippen LogP contribution is -2.33. The van der Waals surface area contributed by atoms with E-state index in [1.807, 2.05) is 60.0 Å². The van der Waals surface area contributed by atoms with Gasteiger partial charge in [0.1, 0.15) is 0 Å². The Morgan fingerprint density at radius 3 is 2.58 bits per heavy atom. The van der Waals surface area contributed by atoms with Crippen LogP contribution in [0.5, 0.6) is 0 Å². The molecule has 0 aliphatic rings. The molecular formula is C23H24ClN5O3S. The fourth-order valence-electron chi connectivity index (χ4n) is 3.67. The second-order valence-corrected chi connectivity index (χ2v) is 10.1. The fourth-order valence-corrected chi connectivity index (χ4v) is 4.96. The molecule has 0 saturated carbocycles. The molecule has 8 nitrogen and oxygen atoms in total. The first kappa shape index (κ1) is 23.0. The van der Waals surface area contributed by atoms with Crippen molar-refractivity contribution in [2.24, 2.45) is 0 Å². The molecule has 1 amide bonds. The number of benzene rings is 1. The maximum absolute atomic E-state index is 12.2. The maximum Gasteiger partial charge on any atom is 0.239 e. The molecule has 0 atom stereocenters. The largest absolute Gasteiger partial charge is 0.274 e. The van der Waals surface area contributed by atoms with Gasteiger partial charge in [-0.15, -0.1) is 0 Å². The van der Waals surface area contributed by atoms with E-state index in [0.29, 0.717) is 23.7 Å². The van der Waals surface area contributed by atoms with Gasteiger partial charge < -0.3 is 0 Å². The van der Waals surface area contributed by atoms with E-state index in [2.05, 4.69) is 9.82 Å². The Labute approximate surface area is 197 Å². The maximum atomic E-state index is 12.2. The molecule has 1 aromatic carbocycles. The lowest BCUT2D eigenvalue weighted by molar-refractivity contribution is -0.118. The normalized spacial score (nSPS) is 11.7. The molecule has 172 valence electrons. The Hall–Kier alpha value is -3.17. The van der Waals surface area contributed by atoms with Crippen molar-refractivity contribution in [3.8, 4) is 11.3 Å². The summed E-state index contributed by atoms with van der Waals surface area (Å²) in [5.41, 5.74) is 4.85. The van der Waals surface area contributed by atoms with Crippen molar-refractivity contribution in [2.45, 2.75) is 33.2 Å². The summed E-state index contributed by atoms with van der Waals surface area (Å²) in [6.07, 6.45) is 0.311. The second kappa shape index (κ2) is 9.36. The Bertz CT molecular complexity index is 1410. The zero-order valence-corrected chi connectivity index (χ0v) is 19.9. The minimum absolute atomic E-state index is 0.0915. The number of nitrogens with zero attached hydrogens (tertiary/aromatic N) is 4. The highest BCUT2D eigenvalue weighted by Gasteiger charge is 2.17. The number of hydrogen-bond donors (Lipinski definition) is 1. The number of halogens is 1. The van der Waals surface area contributed by atoms with Gasteiger partial charge in [-0.2, -0.15) is 10.2 Å². The molecule has 4 aromatic rings. The molecule has 0 aliphatic heterocycles. The highest BCUT2D eigenvalue weighted by Crippen LogP contribution is 2.24. The van der Waals surface area contributed by atoms with Crippen LogP contribution in [0.4, 0.5) is 0 Å². The molecule has 0 spiro atoms. The first-order valence-corrected chi connectivity index (χ1v) is 12.6. The predicted octanol–water partition coefficient (Wildman–Crippen LogP) is 3.61. The van der Waals surface area contributed by atoms with E-state index in [4.69, 9.17) is 16.7 Å². The van der Waals surface area contributed by atoms with Crippen LogP contribution in [0.1, 0.15) is 30.4 Å². The number of aryl methyl sites for hydroxylation is 1. The minimum atomic E-state index is -3.61. The number of amides is 1. The number of pyridine rings is 1. The third-order valence-electron chi connectivity index (χ3n) is 5.10. The van der Waals surface area contributed by atoms with Crippen LogP contribution in [-0.4, -0.2) is 39.5 Å². The van der Waals surface area contributed by atoms with E-state index in [1.165, 1.54) is 0 Å². The zero-order valence-electron chi connectivity index (χ0n) is 18.3. The second-order valence-electron chi connectivity index (χ2n) is 7.85. The quantitative estimate of drug-likeness (QED) is 0.411. The van der Waals surface area contributed by atoms with Gasteiger partial charge in [-0.3, -0.25) is 14.2 Å². The summed E-state index contributed by atoms with van der Waals surface area (Å²) in [5, 5.41) is 9.83. The van der Waals surface area contributed by atoms with Crippen LogP contribution in [0, 0.1) is 6.92 Å². The summed E-state index contributed by atoms with van der Waals surface area (Å²) in [4.78, 5) is 12.2. The zero-order chi connectivity index (χ0) is 23.6. The third kappa shape index (κ3) is 5.43. The summed E-state index contributed by atoms with van der Waals surface area (Å²) in [7, 11) is -3.61. The molecule has 0 unspecified atom stereocenters. The molecule has 0 saturated heterocycles. The Morgan fingerprint density at radius 2 is 1.85 bits per heavy atom. The van der Waals surface area contributed by atoms with Gasteiger partial charge in [-0.05, 0) is 37.6 Å². The number of hydrogen-bond acceptors (Lipinski definition) is 5. The highest BCUT2D eigenvalue weighted by molar-refractivity contribution is 7.90. The average molecular weight is 486 g/mol. The number of carbonyl (C=O) groups is 1. The highest BCUT2D eigenvalue weighted by atomic mass is 35.5. The molecule has 3 heterocycles. The number of nitrogens with one attached hydrogen (secondary N) is 1. The van der Waals surface area contributed by atoms with E-state index in [1.54, 1.807) is 17.7 Å². The number of rotatable bonds is 8. The van der Waals surface area contributed by atoms with Crippen molar-refractivity contribution in [3.05, 3.63) is 76.7 Å². The van der Waals surface area contributed by atoms with Crippen LogP contribution in [0.25, 0.3) is 16.8 Å². The Balaban J connectivity index is 1.58. The molecule has 33 heavy (non-hydrogen) atoms. The van der Waals surface area contributed by atoms with Gasteiger partial charge in [0.05, 0.1) is 41.3 Å². The molecule has 0 radical (unpaired) electrons. The molecule has 0 bridgehead atoms. The van der Waals surface area contributed by atoms with Gasteiger partial charge in [0.15, 0.2) is 0 Å². The van der Waals surface area contributed by atoms with Gasteiger partial charge in [0.2, 0.25) is 15.9 Å². The fraction of sp³-hybridized carbons (Fsp3) is 0.261. The molecule has 10 heteroatoms. The molecule has 0 aliphatic carbocycles. The van der Waals surface area contributed by atoms with Crippen LogP contribution in [0.3, 0.4) is 0 Å². The number of carbonyl (C=O) groups excluding carboxylic acids is 1. The standard InChI is InChI=1S/C23H24ClN5O3S/c1-3-9-33(31,32)27-23(30)13-19-10-16(2)28(25-19)15-21-12-18(24)11-20-14-22(26-29(20)21)17-7-5-4-6-8-17/h4-8,10-12,14H,3,9,13,15H2,1-2H3,(H,27,30). The van der Waals surface area contributed by atoms with E-state index in [0.717, 1.165) is 28.2 Å². The van der Waals surface area contributed by atoms with Gasteiger partial charge >= 0.3 is 0 Å². The van der Waals surface area contributed by atoms with Crippen LogP contribution in [0.2, 0.25) is 5.02 Å². The van der Waals surface area contributed by atoms with Crippen LogP contribution >= 0.6 is 11.6 Å². The van der Waals surface area contributed by atoms with Gasteiger partial charge in [-0.1, -0.05) is 48.9 Å². The smallest absolute Gasteiger partial charge is 0.239 e. The van der Waals surface area contributed by atoms with Crippen molar-refractivity contribution in [3.63, 3.8) is 0 Å². The summed E-state index contributed by atoms with van der Waals surface area (Å²) in [5.74, 6) is -0.691. The summed E-state index contributed by atoms with van der Waals surface area (Å²) < 4.78 is 29.3. The van der Waals surface area contributed by atoms with E-state index < -0.39 is 15.9 Å². The van der Waals surface area contributed by atoms with E-state index >= 15 is 0 Å². The lowest BCUT2D eigenvalue weighted by Gasteiger charge is -2.08. The first-order valence-electron chi connectivity index (χ1n) is 10.5. The van der Waals surface area contributed by atoms with Crippen molar-refractivity contribution in [2.75, 3.05) is 5.75 Å². The van der Waals surface area contributed by atoms with E-state index in [-0.39, 0.29) is 12.2 Å². The topological polar surface area (TPSA) is 98.4 Å². The molecular weight excluding hydrogens is 462 g/mol. The van der Waals surface area contributed by atoms with E-state index in [9.17, 15) is 13.2 Å². The van der Waals surface area contributed by atoms with Gasteiger partial charge in [0.25, 0.3) is 0 Å². The SMILES string of the molecule is CCCS(=O)(=O)NC(=O)Cc1cc(C)n(Cc2cc(Cl)cc3cc(-c4ccccc4)nn23)n1. The molecule has 3 aromatic heterocycles. The summed E-state index contributed by atoms with van der Waals surface area (Å²) in [6.45, 7) is 4.00. The number of sulfonamides is 1. The van der Waals surface area contributed by atoms with Crippen molar-refractivity contribution in [1.82, 2.24) is 24.1 Å². The molecule has 1 N–H and O–H groups in total. The number of aromatic nitrogens is 4. The number of fused-ring (bicyclic) bond motifs is 1. The van der Waals surface area contributed by atoms with Crippen LogP contribution in [0.15, 0.2) is 54.6 Å². The average Bonchev–Trinajstić information content (AvgIpc) is 3.31. The Morgan fingerprint density at radius 1 is 1.09 bits per heavy atom. The minimum Gasteiger partial charge on any atom is -0.274 e. The Kier molecular flexibility index (Phi) is 6.53. The monoisotopic (exact) mass is 485 g/mol. The first-order chi connectivity index (χ1) is 15.7. The molecule has 0 fully saturated rings. The molecule has 4 rings (SSSR count). The van der Waals surface area contributed by atoms with Crippen molar-refractivity contribution in [1.29, 1.82) is 0 Å². The van der Waals surface area contributed by atoms with Gasteiger partial charge in [-0.25, -0.2) is 12.9 Å². The summed E-state index contributed by atoms with van der Waals surface area (Å²) in [6, 6.07) is 17.3. The van der Waals surface area contributed by atoms with Crippen molar-refractivity contribution >= 4 is 33.0 Å².